The first-order valence-electron chi connectivity index (χ1n) is 7.47. The fourth-order valence-corrected chi connectivity index (χ4v) is 2.30. The molecule has 0 saturated heterocycles. The Morgan fingerprint density at radius 2 is 1.72 bits per heavy atom. The summed E-state index contributed by atoms with van der Waals surface area (Å²) in [4.78, 5) is 12.0. The molecule has 4 nitrogen and oxygen atoms in total. The average molecular weight is 353 g/mol. The van der Waals surface area contributed by atoms with Gasteiger partial charge in [-0.25, -0.2) is 0 Å². The Morgan fingerprint density at radius 1 is 1.00 bits per heavy atom. The molecule has 0 spiro atoms. The van der Waals surface area contributed by atoms with Crippen molar-refractivity contribution in [2.75, 3.05) is 14.2 Å². The fraction of sp³-hybridized carbons (Fsp3) is 0.278. The molecule has 0 aromatic heterocycles. The second-order valence-corrected chi connectivity index (χ2v) is 5.34. The number of amides is 1. The van der Waals surface area contributed by atoms with Crippen LogP contribution < -0.4 is 14.8 Å². The smallest absolute Gasteiger partial charge is 0.416 e. The lowest BCUT2D eigenvalue weighted by atomic mass is 10.1. The second kappa shape index (κ2) is 7.92. The molecule has 0 fully saturated rings. The van der Waals surface area contributed by atoms with Gasteiger partial charge in [-0.05, 0) is 35.4 Å². The van der Waals surface area contributed by atoms with Crippen LogP contribution in [0.25, 0.3) is 0 Å². The largest absolute Gasteiger partial charge is 0.493 e. The van der Waals surface area contributed by atoms with E-state index < -0.39 is 11.7 Å². The number of carbonyl (C=O) groups is 1. The first kappa shape index (κ1) is 18.6. The van der Waals surface area contributed by atoms with E-state index in [1.165, 1.54) is 26.4 Å². The second-order valence-electron chi connectivity index (χ2n) is 5.34. The number of nitrogens with one attached hydrogen (secondary N) is 1. The Labute approximate surface area is 143 Å². The van der Waals surface area contributed by atoms with Gasteiger partial charge in [-0.15, -0.1) is 0 Å². The minimum Gasteiger partial charge on any atom is -0.493 e. The molecule has 0 saturated carbocycles. The molecule has 2 rings (SSSR count). The summed E-state index contributed by atoms with van der Waals surface area (Å²) in [7, 11) is 3.01. The van der Waals surface area contributed by atoms with Crippen LogP contribution in [-0.2, 0) is 23.9 Å². The van der Waals surface area contributed by atoms with Gasteiger partial charge in [0, 0.05) is 6.54 Å². The summed E-state index contributed by atoms with van der Waals surface area (Å²) in [5, 5.41) is 2.61. The van der Waals surface area contributed by atoms with E-state index in [0.29, 0.717) is 22.6 Å². The fourth-order valence-electron chi connectivity index (χ4n) is 2.30. The van der Waals surface area contributed by atoms with Gasteiger partial charge in [-0.2, -0.15) is 13.2 Å². The van der Waals surface area contributed by atoms with E-state index in [1.807, 2.05) is 0 Å². The van der Waals surface area contributed by atoms with Crippen LogP contribution >= 0.6 is 0 Å². The van der Waals surface area contributed by atoms with Crippen LogP contribution in [0.4, 0.5) is 13.2 Å². The molecular weight excluding hydrogens is 335 g/mol. The molecule has 0 radical (unpaired) electrons. The van der Waals surface area contributed by atoms with Crippen LogP contribution in [-0.4, -0.2) is 20.1 Å². The number of halogens is 3. The molecule has 7 heteroatoms. The predicted molar refractivity (Wildman–Crippen MR) is 86.5 cm³/mol. The summed E-state index contributed by atoms with van der Waals surface area (Å²) in [5.41, 5.74) is 0.355. The molecule has 0 unspecified atom stereocenters. The number of alkyl halides is 3. The highest BCUT2D eigenvalue weighted by Crippen LogP contribution is 2.29. The van der Waals surface area contributed by atoms with Crippen molar-refractivity contribution in [3.8, 4) is 11.5 Å². The lowest BCUT2D eigenvalue weighted by Crippen LogP contribution is -2.24. The Kier molecular flexibility index (Phi) is 5.90. The first-order valence-corrected chi connectivity index (χ1v) is 7.47. The van der Waals surface area contributed by atoms with Crippen LogP contribution in [0.2, 0.25) is 0 Å². The highest BCUT2D eigenvalue weighted by molar-refractivity contribution is 5.78. The summed E-state index contributed by atoms with van der Waals surface area (Å²) in [6, 6.07) is 9.97. The van der Waals surface area contributed by atoms with Gasteiger partial charge < -0.3 is 14.8 Å². The highest BCUT2D eigenvalue weighted by atomic mass is 19.4. The minimum atomic E-state index is -4.40. The predicted octanol–water partition coefficient (Wildman–Crippen LogP) is 3.58. The number of carbonyl (C=O) groups excluding carboxylic acids is 1. The third-order valence-corrected chi connectivity index (χ3v) is 3.56. The quantitative estimate of drug-likeness (QED) is 0.864. The molecule has 0 heterocycles. The third-order valence-electron chi connectivity index (χ3n) is 3.56. The molecule has 134 valence electrons. The zero-order valence-corrected chi connectivity index (χ0v) is 13.8. The SMILES string of the molecule is COc1ccc(CC(=O)NCc2cccc(C(F)(F)F)c2)cc1OC. The summed E-state index contributed by atoms with van der Waals surface area (Å²) in [6.45, 7) is 0.0239. The molecule has 0 aliphatic rings. The standard InChI is InChI=1S/C18H18F3NO3/c1-24-15-7-6-12(9-16(15)25-2)10-17(23)22-11-13-4-3-5-14(8-13)18(19,20)21/h3-9H,10-11H2,1-2H3,(H,22,23). The van der Waals surface area contributed by atoms with Crippen molar-refractivity contribution in [3.05, 3.63) is 59.2 Å². The third kappa shape index (κ3) is 5.14. The first-order chi connectivity index (χ1) is 11.8. The van der Waals surface area contributed by atoms with Gasteiger partial charge in [-0.1, -0.05) is 18.2 Å². The molecule has 0 atom stereocenters. The summed E-state index contributed by atoms with van der Waals surface area (Å²) in [6.07, 6.45) is -4.32. The van der Waals surface area contributed by atoms with Crippen LogP contribution in [0.1, 0.15) is 16.7 Å². The molecular formula is C18H18F3NO3. The van der Waals surface area contributed by atoms with E-state index in [0.717, 1.165) is 12.1 Å². The van der Waals surface area contributed by atoms with Crippen LogP contribution in [0.3, 0.4) is 0 Å². The van der Waals surface area contributed by atoms with Gasteiger partial charge in [0.15, 0.2) is 11.5 Å². The Morgan fingerprint density at radius 3 is 2.36 bits per heavy atom. The molecule has 0 bridgehead atoms. The topological polar surface area (TPSA) is 47.6 Å². The monoisotopic (exact) mass is 353 g/mol. The van der Waals surface area contributed by atoms with E-state index in [9.17, 15) is 18.0 Å². The van der Waals surface area contributed by atoms with Crippen LogP contribution in [0.5, 0.6) is 11.5 Å². The van der Waals surface area contributed by atoms with E-state index >= 15 is 0 Å². The highest BCUT2D eigenvalue weighted by Gasteiger charge is 2.30. The summed E-state index contributed by atoms with van der Waals surface area (Å²) < 4.78 is 48.3. The lowest BCUT2D eigenvalue weighted by Gasteiger charge is -2.11. The van der Waals surface area contributed by atoms with Crippen molar-refractivity contribution >= 4 is 5.91 Å². The minimum absolute atomic E-state index is 0.0239. The van der Waals surface area contributed by atoms with E-state index in [4.69, 9.17) is 9.47 Å². The van der Waals surface area contributed by atoms with Crippen molar-refractivity contribution in [2.24, 2.45) is 0 Å². The van der Waals surface area contributed by atoms with Crippen LogP contribution in [0.15, 0.2) is 42.5 Å². The number of benzene rings is 2. The molecule has 1 amide bonds. The van der Waals surface area contributed by atoms with Gasteiger partial charge in [0.1, 0.15) is 0 Å². The number of hydrogen-bond acceptors (Lipinski definition) is 3. The van der Waals surface area contributed by atoms with Crippen molar-refractivity contribution in [1.82, 2.24) is 5.32 Å². The van der Waals surface area contributed by atoms with Crippen molar-refractivity contribution in [1.29, 1.82) is 0 Å². The Bertz CT molecular complexity index is 745. The van der Waals surface area contributed by atoms with E-state index in [2.05, 4.69) is 5.32 Å². The van der Waals surface area contributed by atoms with E-state index in [-0.39, 0.29) is 18.9 Å². The molecule has 2 aromatic rings. The van der Waals surface area contributed by atoms with Crippen molar-refractivity contribution in [3.63, 3.8) is 0 Å². The van der Waals surface area contributed by atoms with Crippen molar-refractivity contribution in [2.45, 2.75) is 19.1 Å². The molecule has 2 aromatic carbocycles. The number of ether oxygens (including phenoxy) is 2. The number of rotatable bonds is 6. The lowest BCUT2D eigenvalue weighted by molar-refractivity contribution is -0.137. The van der Waals surface area contributed by atoms with Gasteiger partial charge in [0.05, 0.1) is 26.2 Å². The number of methoxy groups -OCH3 is 2. The van der Waals surface area contributed by atoms with Gasteiger partial charge >= 0.3 is 6.18 Å². The molecule has 1 N–H and O–H groups in total. The van der Waals surface area contributed by atoms with Gasteiger partial charge in [0.25, 0.3) is 0 Å². The molecule has 0 aliphatic carbocycles. The normalized spacial score (nSPS) is 11.1. The van der Waals surface area contributed by atoms with Gasteiger partial charge in [-0.3, -0.25) is 4.79 Å². The van der Waals surface area contributed by atoms with E-state index in [1.54, 1.807) is 18.2 Å². The van der Waals surface area contributed by atoms with Gasteiger partial charge in [0.2, 0.25) is 5.91 Å². The average Bonchev–Trinajstić information content (AvgIpc) is 2.59. The Balaban J connectivity index is 1.97. The maximum Gasteiger partial charge on any atom is 0.416 e. The number of hydrogen-bond donors (Lipinski definition) is 1. The molecule has 25 heavy (non-hydrogen) atoms. The zero-order chi connectivity index (χ0) is 18.4. The zero-order valence-electron chi connectivity index (χ0n) is 13.8. The maximum absolute atomic E-state index is 12.7. The van der Waals surface area contributed by atoms with Crippen molar-refractivity contribution < 1.29 is 27.4 Å². The molecule has 0 aliphatic heterocycles. The maximum atomic E-state index is 12.7. The summed E-state index contributed by atoms with van der Waals surface area (Å²) in [5.74, 6) is 0.755. The van der Waals surface area contributed by atoms with Crippen LogP contribution in [0, 0.1) is 0 Å². The Hall–Kier alpha value is -2.70. The summed E-state index contributed by atoms with van der Waals surface area (Å²) >= 11 is 0.